The van der Waals surface area contributed by atoms with Crippen LogP contribution >= 0.6 is 12.6 Å². The lowest BCUT2D eigenvalue weighted by molar-refractivity contribution is 0.591. The zero-order chi connectivity index (χ0) is 16.9. The Morgan fingerprint density at radius 3 is 2.04 bits per heavy atom. The van der Waals surface area contributed by atoms with E-state index in [9.17, 15) is 0 Å². The van der Waals surface area contributed by atoms with Crippen LogP contribution < -0.4 is 0 Å². The van der Waals surface area contributed by atoms with Crippen molar-refractivity contribution < 1.29 is 0 Å². The van der Waals surface area contributed by atoms with Gasteiger partial charge in [0.25, 0.3) is 0 Å². The highest BCUT2D eigenvalue weighted by atomic mass is 32.1. The predicted molar refractivity (Wildman–Crippen MR) is 107 cm³/mol. The second-order valence-corrected chi connectivity index (χ2v) is 7.87. The van der Waals surface area contributed by atoms with Crippen LogP contribution in [-0.4, -0.2) is 4.57 Å². The van der Waals surface area contributed by atoms with E-state index in [0.29, 0.717) is 0 Å². The van der Waals surface area contributed by atoms with Gasteiger partial charge >= 0.3 is 0 Å². The zero-order valence-corrected chi connectivity index (χ0v) is 15.1. The van der Waals surface area contributed by atoms with E-state index in [0.717, 1.165) is 4.90 Å². The minimum atomic E-state index is 0.133. The molecule has 1 nitrogen and oxygen atoms in total. The molecule has 0 radical (unpaired) electrons. The summed E-state index contributed by atoms with van der Waals surface area (Å²) in [5.41, 5.74) is 5.14. The maximum Gasteiger partial charge on any atom is 0.0541 e. The van der Waals surface area contributed by atoms with Gasteiger partial charge in [-0.2, -0.15) is 0 Å². The van der Waals surface area contributed by atoms with Gasteiger partial charge in [-0.15, -0.1) is 12.6 Å². The molecule has 0 aliphatic carbocycles. The number of hydrogen-bond donors (Lipinski definition) is 1. The summed E-state index contributed by atoms with van der Waals surface area (Å²) in [4.78, 5) is 0.996. The summed E-state index contributed by atoms with van der Waals surface area (Å²) in [6, 6.07) is 23.8. The molecule has 0 aliphatic heterocycles. The third kappa shape index (κ3) is 2.42. The first-order valence-electron chi connectivity index (χ1n) is 8.28. The average molecular weight is 331 g/mol. The summed E-state index contributed by atoms with van der Waals surface area (Å²) in [5, 5.41) is 2.55. The van der Waals surface area contributed by atoms with Crippen LogP contribution in [0.15, 0.2) is 71.6 Å². The molecule has 1 aromatic heterocycles. The van der Waals surface area contributed by atoms with Crippen molar-refractivity contribution in [3.05, 3.63) is 72.3 Å². The maximum atomic E-state index is 4.56. The molecule has 4 rings (SSSR count). The van der Waals surface area contributed by atoms with E-state index in [2.05, 4.69) is 105 Å². The maximum absolute atomic E-state index is 4.56. The van der Waals surface area contributed by atoms with Crippen molar-refractivity contribution in [2.45, 2.75) is 31.1 Å². The van der Waals surface area contributed by atoms with E-state index in [-0.39, 0.29) is 5.41 Å². The standard InChI is InChI=1S/C22H21NS/c1-22(2,3)15-9-11-20-18(13-15)19-14-17(24)10-12-21(19)23(20)16-7-5-4-6-8-16/h4-14,24H,1-3H3. The Morgan fingerprint density at radius 2 is 1.38 bits per heavy atom. The van der Waals surface area contributed by atoms with Crippen molar-refractivity contribution in [3.63, 3.8) is 0 Å². The molecular weight excluding hydrogens is 310 g/mol. The third-order valence-electron chi connectivity index (χ3n) is 4.63. The molecule has 0 saturated carbocycles. The van der Waals surface area contributed by atoms with Crippen LogP contribution in [0.2, 0.25) is 0 Å². The first-order valence-corrected chi connectivity index (χ1v) is 8.73. The third-order valence-corrected chi connectivity index (χ3v) is 4.91. The van der Waals surface area contributed by atoms with Gasteiger partial charge in [-0.1, -0.05) is 45.0 Å². The van der Waals surface area contributed by atoms with Gasteiger partial charge in [0.2, 0.25) is 0 Å². The largest absolute Gasteiger partial charge is 0.309 e. The molecule has 0 unspecified atom stereocenters. The predicted octanol–water partition coefficient (Wildman–Crippen LogP) is 6.37. The number of hydrogen-bond acceptors (Lipinski definition) is 1. The lowest BCUT2D eigenvalue weighted by Crippen LogP contribution is -2.10. The van der Waals surface area contributed by atoms with Gasteiger partial charge in [0.1, 0.15) is 0 Å². The van der Waals surface area contributed by atoms with Gasteiger partial charge < -0.3 is 4.57 Å². The minimum Gasteiger partial charge on any atom is -0.309 e. The van der Waals surface area contributed by atoms with Crippen LogP contribution in [0.25, 0.3) is 27.5 Å². The van der Waals surface area contributed by atoms with E-state index in [1.54, 1.807) is 0 Å². The second kappa shape index (κ2) is 5.42. The number of para-hydroxylation sites is 1. The second-order valence-electron chi connectivity index (χ2n) is 7.35. The van der Waals surface area contributed by atoms with Crippen LogP contribution in [0.4, 0.5) is 0 Å². The number of thiol groups is 1. The fourth-order valence-electron chi connectivity index (χ4n) is 3.33. The summed E-state index contributed by atoms with van der Waals surface area (Å²) in [5.74, 6) is 0. The molecule has 4 aromatic rings. The van der Waals surface area contributed by atoms with Crippen LogP contribution in [0, 0.1) is 0 Å². The van der Waals surface area contributed by atoms with Gasteiger partial charge in [0.05, 0.1) is 11.0 Å². The molecule has 0 fully saturated rings. The molecule has 24 heavy (non-hydrogen) atoms. The summed E-state index contributed by atoms with van der Waals surface area (Å²) in [7, 11) is 0. The van der Waals surface area contributed by atoms with Gasteiger partial charge in [0.15, 0.2) is 0 Å². The SMILES string of the molecule is CC(C)(C)c1ccc2c(c1)c1cc(S)ccc1n2-c1ccccc1. The Morgan fingerprint density at radius 1 is 0.750 bits per heavy atom. The molecule has 0 bridgehead atoms. The smallest absolute Gasteiger partial charge is 0.0541 e. The van der Waals surface area contributed by atoms with Crippen molar-refractivity contribution in [2.75, 3.05) is 0 Å². The molecule has 0 spiro atoms. The molecule has 0 N–H and O–H groups in total. The summed E-state index contributed by atoms with van der Waals surface area (Å²) in [6.07, 6.45) is 0. The molecule has 120 valence electrons. The lowest BCUT2D eigenvalue weighted by atomic mass is 9.86. The van der Waals surface area contributed by atoms with Gasteiger partial charge in [0, 0.05) is 21.4 Å². The number of fused-ring (bicyclic) bond motifs is 3. The first-order chi connectivity index (χ1) is 11.4. The van der Waals surface area contributed by atoms with Gasteiger partial charge in [-0.25, -0.2) is 0 Å². The summed E-state index contributed by atoms with van der Waals surface area (Å²) < 4.78 is 2.34. The quantitative estimate of drug-likeness (QED) is 0.387. The summed E-state index contributed by atoms with van der Waals surface area (Å²) >= 11 is 4.56. The van der Waals surface area contributed by atoms with E-state index in [1.807, 2.05) is 0 Å². The Kier molecular flexibility index (Phi) is 3.47. The van der Waals surface area contributed by atoms with Crippen molar-refractivity contribution in [2.24, 2.45) is 0 Å². The van der Waals surface area contributed by atoms with Crippen LogP contribution in [0.5, 0.6) is 0 Å². The van der Waals surface area contributed by atoms with Crippen LogP contribution in [-0.2, 0) is 5.41 Å². The number of nitrogens with zero attached hydrogens (tertiary/aromatic N) is 1. The van der Waals surface area contributed by atoms with Crippen LogP contribution in [0.1, 0.15) is 26.3 Å². The number of benzene rings is 3. The Bertz CT molecular complexity index is 1040. The molecule has 0 aliphatic rings. The molecular formula is C22H21NS. The highest BCUT2D eigenvalue weighted by molar-refractivity contribution is 7.80. The Hall–Kier alpha value is -2.19. The molecule has 3 aromatic carbocycles. The molecule has 0 saturated heterocycles. The monoisotopic (exact) mass is 331 g/mol. The van der Waals surface area contributed by atoms with Crippen molar-refractivity contribution in [3.8, 4) is 5.69 Å². The van der Waals surface area contributed by atoms with Crippen molar-refractivity contribution in [1.29, 1.82) is 0 Å². The Balaban J connectivity index is 2.15. The Labute approximate surface area is 148 Å². The van der Waals surface area contributed by atoms with Crippen LogP contribution in [0.3, 0.4) is 0 Å². The highest BCUT2D eigenvalue weighted by Gasteiger charge is 2.17. The number of aromatic nitrogens is 1. The fourth-order valence-corrected chi connectivity index (χ4v) is 3.54. The fraction of sp³-hybridized carbons (Fsp3) is 0.182. The van der Waals surface area contributed by atoms with Gasteiger partial charge in [-0.3, -0.25) is 0 Å². The highest BCUT2D eigenvalue weighted by Crippen LogP contribution is 2.35. The average Bonchev–Trinajstić information content (AvgIpc) is 2.88. The van der Waals surface area contributed by atoms with E-state index >= 15 is 0 Å². The molecule has 2 heteroatoms. The van der Waals surface area contributed by atoms with E-state index in [1.165, 1.54) is 33.1 Å². The molecule has 0 atom stereocenters. The van der Waals surface area contributed by atoms with E-state index in [4.69, 9.17) is 0 Å². The normalized spacial score (nSPS) is 12.2. The lowest BCUT2D eigenvalue weighted by Gasteiger charge is -2.19. The molecule has 1 heterocycles. The topological polar surface area (TPSA) is 4.93 Å². The van der Waals surface area contributed by atoms with Gasteiger partial charge in [-0.05, 0) is 53.4 Å². The first kappa shape index (κ1) is 15.3. The van der Waals surface area contributed by atoms with Crippen molar-refractivity contribution in [1.82, 2.24) is 4.57 Å². The summed E-state index contributed by atoms with van der Waals surface area (Å²) in [6.45, 7) is 6.78. The van der Waals surface area contributed by atoms with E-state index < -0.39 is 0 Å². The molecule has 0 amide bonds. The zero-order valence-electron chi connectivity index (χ0n) is 14.2. The minimum absolute atomic E-state index is 0.133. The number of rotatable bonds is 1. The van der Waals surface area contributed by atoms with Crippen molar-refractivity contribution >= 4 is 34.4 Å².